The second kappa shape index (κ2) is 8.44. The lowest BCUT2D eigenvalue weighted by Crippen LogP contribution is -2.40. The summed E-state index contributed by atoms with van der Waals surface area (Å²) in [6.07, 6.45) is -0.0182. The SMILES string of the molecule is [C-]#[N+]c1ccc(CC(=O)N2CCn3nc(-c4ccc(C)c(Cl)c4)c(C(N)=O)c3C2)cc1F. The predicted molar refractivity (Wildman–Crippen MR) is 118 cm³/mol. The molecule has 1 aromatic heterocycles. The number of primary amides is 1. The third kappa shape index (κ3) is 3.95. The molecule has 2 amide bonds. The predicted octanol–water partition coefficient (Wildman–Crippen LogP) is 3.89. The van der Waals surface area contributed by atoms with Crippen LogP contribution in [0.2, 0.25) is 5.02 Å². The van der Waals surface area contributed by atoms with Crippen LogP contribution in [-0.4, -0.2) is 33.0 Å². The molecule has 0 bridgehead atoms. The van der Waals surface area contributed by atoms with E-state index < -0.39 is 11.7 Å². The van der Waals surface area contributed by atoms with Gasteiger partial charge in [0.1, 0.15) is 11.5 Å². The highest BCUT2D eigenvalue weighted by Gasteiger charge is 2.29. The molecule has 0 radical (unpaired) electrons. The van der Waals surface area contributed by atoms with Crippen molar-refractivity contribution in [2.45, 2.75) is 26.4 Å². The van der Waals surface area contributed by atoms with Crippen molar-refractivity contribution in [3.63, 3.8) is 0 Å². The lowest BCUT2D eigenvalue weighted by Gasteiger charge is -2.28. The van der Waals surface area contributed by atoms with Gasteiger partial charge in [0.25, 0.3) is 5.91 Å². The Morgan fingerprint density at radius 3 is 2.69 bits per heavy atom. The number of hydrogen-bond donors (Lipinski definition) is 1. The summed E-state index contributed by atoms with van der Waals surface area (Å²) in [6.45, 7) is 9.75. The molecule has 4 rings (SSSR count). The third-order valence-electron chi connectivity index (χ3n) is 5.51. The smallest absolute Gasteiger partial charge is 0.252 e. The summed E-state index contributed by atoms with van der Waals surface area (Å²) in [5, 5.41) is 5.12. The molecule has 0 unspecified atom stereocenters. The normalized spacial score (nSPS) is 12.9. The third-order valence-corrected chi connectivity index (χ3v) is 5.92. The minimum Gasteiger partial charge on any atom is -0.365 e. The molecule has 0 fully saturated rings. The minimum absolute atomic E-state index is 0.0182. The van der Waals surface area contributed by atoms with Crippen molar-refractivity contribution < 1.29 is 14.0 Å². The monoisotopic (exact) mass is 451 g/mol. The topological polar surface area (TPSA) is 85.6 Å². The van der Waals surface area contributed by atoms with Crippen molar-refractivity contribution in [3.8, 4) is 11.3 Å². The molecule has 1 aliphatic rings. The zero-order valence-electron chi connectivity index (χ0n) is 17.2. The second-order valence-electron chi connectivity index (χ2n) is 7.61. The van der Waals surface area contributed by atoms with Gasteiger partial charge in [0.15, 0.2) is 0 Å². The molecule has 0 spiro atoms. The Morgan fingerprint density at radius 1 is 1.25 bits per heavy atom. The zero-order valence-corrected chi connectivity index (χ0v) is 18.0. The average molecular weight is 452 g/mol. The first-order chi connectivity index (χ1) is 15.3. The molecule has 3 aromatic rings. The van der Waals surface area contributed by atoms with Crippen molar-refractivity contribution in [1.29, 1.82) is 0 Å². The van der Waals surface area contributed by atoms with Crippen molar-refractivity contribution >= 4 is 29.1 Å². The lowest BCUT2D eigenvalue weighted by molar-refractivity contribution is -0.132. The van der Waals surface area contributed by atoms with Gasteiger partial charge in [-0.1, -0.05) is 35.9 Å². The first kappa shape index (κ1) is 21.5. The molecule has 0 aliphatic carbocycles. The molecule has 162 valence electrons. The number of amides is 2. The summed E-state index contributed by atoms with van der Waals surface area (Å²) in [6, 6.07) is 9.54. The Bertz CT molecular complexity index is 1290. The van der Waals surface area contributed by atoms with E-state index in [4.69, 9.17) is 23.9 Å². The summed E-state index contributed by atoms with van der Waals surface area (Å²) < 4.78 is 15.6. The highest BCUT2D eigenvalue weighted by Crippen LogP contribution is 2.31. The van der Waals surface area contributed by atoms with Crippen molar-refractivity contribution in [3.05, 3.63) is 81.0 Å². The van der Waals surface area contributed by atoms with Crippen LogP contribution in [0.15, 0.2) is 36.4 Å². The van der Waals surface area contributed by atoms with Crippen LogP contribution in [0.4, 0.5) is 10.1 Å². The van der Waals surface area contributed by atoms with Crippen molar-refractivity contribution in [2.24, 2.45) is 5.73 Å². The lowest BCUT2D eigenvalue weighted by atomic mass is 10.0. The fourth-order valence-electron chi connectivity index (χ4n) is 3.77. The molecule has 1 aliphatic heterocycles. The number of halogens is 2. The summed E-state index contributed by atoms with van der Waals surface area (Å²) in [7, 11) is 0. The van der Waals surface area contributed by atoms with Gasteiger partial charge in [0.2, 0.25) is 11.6 Å². The molecule has 0 atom stereocenters. The van der Waals surface area contributed by atoms with E-state index in [1.165, 1.54) is 12.1 Å². The Hall–Kier alpha value is -3.70. The van der Waals surface area contributed by atoms with Crippen molar-refractivity contribution in [1.82, 2.24) is 14.7 Å². The van der Waals surface area contributed by atoms with Gasteiger partial charge >= 0.3 is 0 Å². The molecule has 2 heterocycles. The number of hydrogen-bond acceptors (Lipinski definition) is 3. The number of nitrogens with two attached hydrogens (primary N) is 1. The number of nitrogens with zero attached hydrogens (tertiary/aromatic N) is 4. The Kier molecular flexibility index (Phi) is 5.68. The van der Waals surface area contributed by atoms with Crippen LogP contribution >= 0.6 is 11.6 Å². The van der Waals surface area contributed by atoms with Gasteiger partial charge in [0, 0.05) is 17.1 Å². The summed E-state index contributed by atoms with van der Waals surface area (Å²) >= 11 is 6.25. The van der Waals surface area contributed by atoms with Crippen LogP contribution in [0.5, 0.6) is 0 Å². The molecule has 2 aromatic carbocycles. The van der Waals surface area contributed by atoms with Crippen LogP contribution in [-0.2, 0) is 24.3 Å². The van der Waals surface area contributed by atoms with Gasteiger partial charge in [-0.3, -0.25) is 14.3 Å². The minimum atomic E-state index is -0.653. The average Bonchev–Trinajstić information content (AvgIpc) is 3.14. The Morgan fingerprint density at radius 2 is 2.03 bits per heavy atom. The first-order valence-corrected chi connectivity index (χ1v) is 10.3. The standard InChI is InChI=1S/C23H19ClFN5O2/c1-13-3-5-15(11-16(13)24)22-21(23(26)32)19-12-29(7-8-30(19)28-22)20(31)10-14-4-6-18(27-2)17(25)9-14/h3-6,9,11H,7-8,10,12H2,1H3,(H2,26,32). The molecule has 32 heavy (non-hydrogen) atoms. The van der Waals surface area contributed by atoms with Gasteiger partial charge in [-0.2, -0.15) is 5.10 Å². The van der Waals surface area contributed by atoms with E-state index in [0.29, 0.717) is 40.6 Å². The number of fused-ring (bicyclic) bond motifs is 1. The van der Waals surface area contributed by atoms with Crippen LogP contribution in [0.25, 0.3) is 16.1 Å². The maximum Gasteiger partial charge on any atom is 0.252 e. The van der Waals surface area contributed by atoms with Crippen molar-refractivity contribution in [2.75, 3.05) is 6.54 Å². The molecule has 2 N–H and O–H groups in total. The van der Waals surface area contributed by atoms with E-state index >= 15 is 0 Å². The quantitative estimate of drug-likeness (QED) is 0.611. The molecule has 9 heteroatoms. The Labute approximate surface area is 189 Å². The maximum absolute atomic E-state index is 13.9. The van der Waals surface area contributed by atoms with E-state index in [1.54, 1.807) is 21.7 Å². The zero-order chi connectivity index (χ0) is 23.0. The van der Waals surface area contributed by atoms with Gasteiger partial charge in [-0.25, -0.2) is 9.24 Å². The summed E-state index contributed by atoms with van der Waals surface area (Å²) in [5.41, 5.74) is 8.89. The number of benzene rings is 2. The number of carbonyl (C=O) groups is 2. The summed E-state index contributed by atoms with van der Waals surface area (Å²) in [5.74, 6) is -1.51. The van der Waals surface area contributed by atoms with Gasteiger partial charge in [-0.15, -0.1) is 0 Å². The Balaban J connectivity index is 1.61. The number of rotatable bonds is 4. The van der Waals surface area contributed by atoms with E-state index in [0.717, 1.165) is 5.56 Å². The van der Waals surface area contributed by atoms with Crippen LogP contribution in [0.1, 0.15) is 27.2 Å². The van der Waals surface area contributed by atoms with Crippen LogP contribution in [0.3, 0.4) is 0 Å². The first-order valence-electron chi connectivity index (χ1n) is 9.88. The largest absolute Gasteiger partial charge is 0.365 e. The van der Waals surface area contributed by atoms with E-state index in [1.807, 2.05) is 19.1 Å². The highest BCUT2D eigenvalue weighted by atomic mass is 35.5. The second-order valence-corrected chi connectivity index (χ2v) is 8.02. The highest BCUT2D eigenvalue weighted by molar-refractivity contribution is 6.31. The number of aromatic nitrogens is 2. The number of carbonyl (C=O) groups excluding carboxylic acids is 2. The molecule has 0 saturated carbocycles. The fraction of sp³-hybridized carbons (Fsp3) is 0.217. The molecule has 7 nitrogen and oxygen atoms in total. The van der Waals surface area contributed by atoms with Gasteiger partial charge in [0.05, 0.1) is 37.3 Å². The van der Waals surface area contributed by atoms with E-state index in [2.05, 4.69) is 9.94 Å². The summed E-state index contributed by atoms with van der Waals surface area (Å²) in [4.78, 5) is 29.9. The van der Waals surface area contributed by atoms with Crippen LogP contribution in [0, 0.1) is 19.3 Å². The fourth-order valence-corrected chi connectivity index (χ4v) is 3.95. The molecular formula is C23H19ClFN5O2. The maximum atomic E-state index is 13.9. The molecular weight excluding hydrogens is 433 g/mol. The van der Waals surface area contributed by atoms with Gasteiger partial charge in [-0.05, 0) is 30.2 Å². The molecule has 0 saturated heterocycles. The van der Waals surface area contributed by atoms with Crippen LogP contribution < -0.4 is 5.73 Å². The van der Waals surface area contributed by atoms with Gasteiger partial charge < -0.3 is 10.6 Å². The van der Waals surface area contributed by atoms with E-state index in [-0.39, 0.29) is 30.1 Å². The van der Waals surface area contributed by atoms with E-state index in [9.17, 15) is 14.0 Å². The number of aryl methyl sites for hydroxylation is 1.